The van der Waals surface area contributed by atoms with E-state index in [1.807, 2.05) is 95.6 Å². The summed E-state index contributed by atoms with van der Waals surface area (Å²) in [4.78, 5) is 13.7. The third kappa shape index (κ3) is 2.95. The van der Waals surface area contributed by atoms with Crippen LogP contribution < -0.4 is 5.56 Å². The summed E-state index contributed by atoms with van der Waals surface area (Å²) in [5.41, 5.74) is 4.93. The van der Waals surface area contributed by atoms with Gasteiger partial charge in [0.2, 0.25) is 0 Å². The lowest BCUT2D eigenvalue weighted by molar-refractivity contribution is 1.02. The van der Waals surface area contributed by atoms with E-state index in [0.717, 1.165) is 38.8 Å². The van der Waals surface area contributed by atoms with Gasteiger partial charge in [0, 0.05) is 16.6 Å². The van der Waals surface area contributed by atoms with Gasteiger partial charge in [0.15, 0.2) is 0 Å². The second kappa shape index (κ2) is 7.25. The molecular weight excluding hydrogens is 354 g/mol. The Bertz CT molecular complexity index is 1340. The summed E-state index contributed by atoms with van der Waals surface area (Å²) in [7, 11) is 0. The molecule has 2 nitrogen and oxygen atoms in total. The third-order valence-corrected chi connectivity index (χ3v) is 5.21. The van der Waals surface area contributed by atoms with Gasteiger partial charge in [-0.05, 0) is 34.7 Å². The zero-order valence-corrected chi connectivity index (χ0v) is 15.8. The molecule has 5 aromatic rings. The first kappa shape index (κ1) is 17.2. The molecule has 0 spiro atoms. The molecule has 1 heterocycles. The Morgan fingerprint density at radius 1 is 0.483 bits per heavy atom. The zero-order chi connectivity index (χ0) is 19.6. The molecule has 29 heavy (non-hydrogen) atoms. The number of rotatable bonds is 3. The van der Waals surface area contributed by atoms with Crippen LogP contribution in [0.3, 0.4) is 0 Å². The van der Waals surface area contributed by atoms with Gasteiger partial charge in [-0.1, -0.05) is 97.1 Å². The van der Waals surface area contributed by atoms with Crippen molar-refractivity contribution in [3.05, 3.63) is 126 Å². The molecule has 138 valence electrons. The van der Waals surface area contributed by atoms with E-state index in [4.69, 9.17) is 0 Å². The average Bonchev–Trinajstić information content (AvgIpc) is 2.81. The summed E-state index contributed by atoms with van der Waals surface area (Å²) in [6, 6.07) is 38.2. The van der Waals surface area contributed by atoms with Crippen LogP contribution in [0.2, 0.25) is 0 Å². The summed E-state index contributed by atoms with van der Waals surface area (Å²) >= 11 is 0. The number of hydrogen-bond donors (Lipinski definition) is 0. The highest BCUT2D eigenvalue weighted by Gasteiger charge is 2.20. The maximum absolute atomic E-state index is 13.7. The highest BCUT2D eigenvalue weighted by molar-refractivity contribution is 6.03. The van der Waals surface area contributed by atoms with Gasteiger partial charge in [0.1, 0.15) is 0 Å². The molecule has 0 atom stereocenters. The van der Waals surface area contributed by atoms with E-state index in [1.54, 1.807) is 0 Å². The van der Waals surface area contributed by atoms with Crippen molar-refractivity contribution in [3.8, 4) is 28.1 Å². The molecule has 0 amide bonds. The lowest BCUT2D eigenvalue weighted by Crippen LogP contribution is -2.21. The van der Waals surface area contributed by atoms with Crippen molar-refractivity contribution in [1.82, 2.24) is 4.57 Å². The molecule has 0 fully saturated rings. The van der Waals surface area contributed by atoms with Crippen LogP contribution in [0.5, 0.6) is 0 Å². The minimum absolute atomic E-state index is 0.00895. The normalized spacial score (nSPS) is 10.9. The van der Waals surface area contributed by atoms with Gasteiger partial charge in [-0.15, -0.1) is 0 Å². The molecule has 0 aliphatic heterocycles. The Labute approximate surface area is 169 Å². The summed E-state index contributed by atoms with van der Waals surface area (Å²) in [6.45, 7) is 0. The van der Waals surface area contributed by atoms with E-state index in [9.17, 15) is 4.79 Å². The molecule has 2 heteroatoms. The van der Waals surface area contributed by atoms with Gasteiger partial charge in [0.25, 0.3) is 5.56 Å². The molecule has 0 saturated carbocycles. The largest absolute Gasteiger partial charge is 0.276 e. The monoisotopic (exact) mass is 373 g/mol. The van der Waals surface area contributed by atoms with Gasteiger partial charge >= 0.3 is 0 Å². The average molecular weight is 373 g/mol. The first-order valence-corrected chi connectivity index (χ1v) is 9.68. The Morgan fingerprint density at radius 2 is 0.966 bits per heavy atom. The fourth-order valence-electron chi connectivity index (χ4n) is 3.94. The highest BCUT2D eigenvalue weighted by atomic mass is 16.1. The number of hydrogen-bond acceptors (Lipinski definition) is 1. The predicted octanol–water partition coefficient (Wildman–Crippen LogP) is 6.32. The molecule has 0 radical (unpaired) electrons. The van der Waals surface area contributed by atoms with Gasteiger partial charge in [0.05, 0.1) is 5.69 Å². The number of aromatic nitrogens is 1. The quantitative estimate of drug-likeness (QED) is 0.362. The van der Waals surface area contributed by atoms with Crippen LogP contribution in [0, 0.1) is 0 Å². The van der Waals surface area contributed by atoms with Crippen LogP contribution in [0.4, 0.5) is 0 Å². The number of benzene rings is 4. The van der Waals surface area contributed by atoms with Gasteiger partial charge in [-0.25, -0.2) is 0 Å². The lowest BCUT2D eigenvalue weighted by Gasteiger charge is -2.20. The Morgan fingerprint density at radius 3 is 1.59 bits per heavy atom. The van der Waals surface area contributed by atoms with Crippen LogP contribution in [0.15, 0.2) is 120 Å². The summed E-state index contributed by atoms with van der Waals surface area (Å²) < 4.78 is 1.85. The number of fused-ring (bicyclic) bond motifs is 1. The molecule has 0 aliphatic carbocycles. The van der Waals surface area contributed by atoms with Crippen molar-refractivity contribution in [2.45, 2.75) is 0 Å². The van der Waals surface area contributed by atoms with Crippen molar-refractivity contribution in [2.75, 3.05) is 0 Å². The van der Waals surface area contributed by atoms with Crippen LogP contribution >= 0.6 is 0 Å². The summed E-state index contributed by atoms with van der Waals surface area (Å²) in [5, 5.41) is 1.68. The topological polar surface area (TPSA) is 22.0 Å². The maximum atomic E-state index is 13.7. The van der Waals surface area contributed by atoms with E-state index in [0.29, 0.717) is 0 Å². The predicted molar refractivity (Wildman–Crippen MR) is 120 cm³/mol. The van der Waals surface area contributed by atoms with Crippen molar-refractivity contribution < 1.29 is 0 Å². The van der Waals surface area contributed by atoms with Crippen molar-refractivity contribution in [2.24, 2.45) is 0 Å². The lowest BCUT2D eigenvalue weighted by atomic mass is 9.93. The first-order valence-electron chi connectivity index (χ1n) is 9.68. The number of pyridine rings is 1. The Hall–Kier alpha value is -3.91. The zero-order valence-electron chi connectivity index (χ0n) is 15.8. The second-order valence-electron chi connectivity index (χ2n) is 6.98. The van der Waals surface area contributed by atoms with E-state index < -0.39 is 0 Å². The minimum Gasteiger partial charge on any atom is -0.276 e. The molecule has 5 rings (SSSR count). The molecular formula is C27H19NO. The van der Waals surface area contributed by atoms with Crippen LogP contribution in [-0.4, -0.2) is 4.57 Å². The maximum Gasteiger partial charge on any atom is 0.263 e. The Kier molecular flexibility index (Phi) is 4.30. The molecule has 0 unspecified atom stereocenters. The smallest absolute Gasteiger partial charge is 0.263 e. The van der Waals surface area contributed by atoms with Crippen LogP contribution in [0.25, 0.3) is 38.8 Å². The Balaban J connectivity index is 2.04. The van der Waals surface area contributed by atoms with Crippen molar-refractivity contribution >= 4 is 10.8 Å². The molecule has 0 bridgehead atoms. The van der Waals surface area contributed by atoms with Crippen LogP contribution in [0.1, 0.15) is 0 Å². The van der Waals surface area contributed by atoms with Gasteiger partial charge in [-0.3, -0.25) is 9.36 Å². The molecule has 0 aliphatic rings. The van der Waals surface area contributed by atoms with E-state index in [2.05, 4.69) is 24.3 Å². The van der Waals surface area contributed by atoms with Crippen molar-refractivity contribution in [3.63, 3.8) is 0 Å². The number of nitrogens with zero attached hydrogens (tertiary/aromatic N) is 1. The summed E-state index contributed by atoms with van der Waals surface area (Å²) in [6.07, 6.45) is 0. The van der Waals surface area contributed by atoms with E-state index >= 15 is 0 Å². The molecule has 0 saturated heterocycles. The van der Waals surface area contributed by atoms with Gasteiger partial charge in [-0.2, -0.15) is 0 Å². The fourth-order valence-corrected chi connectivity index (χ4v) is 3.94. The molecule has 1 aromatic heterocycles. The van der Waals surface area contributed by atoms with Crippen molar-refractivity contribution in [1.29, 1.82) is 0 Å². The van der Waals surface area contributed by atoms with Crippen LogP contribution in [-0.2, 0) is 0 Å². The third-order valence-electron chi connectivity index (χ3n) is 5.21. The first-order chi connectivity index (χ1) is 14.3. The summed E-state index contributed by atoms with van der Waals surface area (Å²) in [5.74, 6) is 0. The SMILES string of the molecule is O=c1c2ccccc2c(-c2ccccc2)c(-c2ccccc2)n1-c1ccccc1. The number of para-hydroxylation sites is 1. The second-order valence-corrected chi connectivity index (χ2v) is 6.98. The van der Waals surface area contributed by atoms with E-state index in [-0.39, 0.29) is 5.56 Å². The standard InChI is InChI=1S/C27H19NO/c29-27-24-19-11-10-18-23(24)25(20-12-4-1-5-13-20)26(21-14-6-2-7-15-21)28(27)22-16-8-3-9-17-22/h1-19H. The molecule has 0 N–H and O–H groups in total. The highest BCUT2D eigenvalue weighted by Crippen LogP contribution is 2.37. The fraction of sp³-hybridized carbons (Fsp3) is 0. The van der Waals surface area contributed by atoms with Gasteiger partial charge < -0.3 is 0 Å². The molecule has 4 aromatic carbocycles. The van der Waals surface area contributed by atoms with E-state index in [1.165, 1.54) is 0 Å². The minimum atomic E-state index is -0.00895.